The fraction of sp³-hybridized carbons (Fsp3) is 0.529. The van der Waals surface area contributed by atoms with Crippen molar-refractivity contribution in [2.24, 2.45) is 0 Å². The molecule has 1 aromatic rings. The van der Waals surface area contributed by atoms with Gasteiger partial charge in [-0.05, 0) is 63.8 Å². The molecule has 2 nitrogen and oxygen atoms in total. The summed E-state index contributed by atoms with van der Waals surface area (Å²) in [4.78, 5) is 0. The lowest BCUT2D eigenvalue weighted by Gasteiger charge is -2.32. The molecule has 0 radical (unpaired) electrons. The number of hydrogen-bond donors (Lipinski definition) is 0. The summed E-state index contributed by atoms with van der Waals surface area (Å²) in [5.41, 5.74) is 0.0117. The first-order valence-electron chi connectivity index (χ1n) is 7.71. The van der Waals surface area contributed by atoms with Gasteiger partial charge in [0.2, 0.25) is 0 Å². The molecule has 1 atom stereocenters. The molecule has 3 rings (SSSR count). The summed E-state index contributed by atoms with van der Waals surface area (Å²) in [5.74, 6) is -0.366. The number of benzene rings is 1. The van der Waals surface area contributed by atoms with Gasteiger partial charge in [-0.1, -0.05) is 12.1 Å². The third-order valence-corrected chi connectivity index (χ3v) is 5.14. The quantitative estimate of drug-likeness (QED) is 0.746. The molecule has 1 saturated heterocycles. The predicted octanol–water partition coefficient (Wildman–Crippen LogP) is 4.56. The van der Waals surface area contributed by atoms with Crippen molar-refractivity contribution in [2.45, 2.75) is 57.7 Å². The SMILES string of the molecule is CC1(C)OB(C(F)=C2CCC2c2cccc(F)c2)OC1(C)C. The Morgan fingerprint density at radius 2 is 1.82 bits per heavy atom. The van der Waals surface area contributed by atoms with E-state index in [1.165, 1.54) is 12.1 Å². The fourth-order valence-electron chi connectivity index (χ4n) is 2.91. The van der Waals surface area contributed by atoms with Gasteiger partial charge >= 0.3 is 7.12 Å². The maximum absolute atomic E-state index is 14.8. The lowest BCUT2D eigenvalue weighted by atomic mass is 9.69. The molecule has 2 fully saturated rings. The van der Waals surface area contributed by atoms with E-state index in [4.69, 9.17) is 9.31 Å². The van der Waals surface area contributed by atoms with Crippen LogP contribution in [0, 0.1) is 5.82 Å². The molecule has 1 aliphatic heterocycles. The smallest absolute Gasteiger partial charge is 0.398 e. The Bertz CT molecular complexity index is 609. The molecular weight excluding hydrogens is 285 g/mol. The van der Waals surface area contributed by atoms with E-state index < -0.39 is 18.3 Å². The average Bonchev–Trinajstić information content (AvgIpc) is 2.57. The standard InChI is InChI=1S/C17H21BF2O2/c1-16(2)17(3,4)22-18(21-16)15(20)14-9-8-13(14)11-6-5-7-12(19)10-11/h5-7,10,13H,8-9H2,1-4H3. The first-order valence-corrected chi connectivity index (χ1v) is 7.71. The van der Waals surface area contributed by atoms with Crippen LogP contribution in [0.3, 0.4) is 0 Å². The minimum absolute atomic E-state index is 0.0743. The first kappa shape index (κ1) is 15.7. The molecule has 22 heavy (non-hydrogen) atoms. The van der Waals surface area contributed by atoms with E-state index in [2.05, 4.69) is 0 Å². The molecule has 5 heteroatoms. The highest BCUT2D eigenvalue weighted by Gasteiger charge is 2.54. The Labute approximate surface area is 130 Å². The zero-order valence-electron chi connectivity index (χ0n) is 13.5. The molecule has 1 saturated carbocycles. The summed E-state index contributed by atoms with van der Waals surface area (Å²) in [7, 11) is -0.962. The van der Waals surface area contributed by atoms with E-state index >= 15 is 0 Å². The largest absolute Gasteiger partial charge is 0.525 e. The number of rotatable bonds is 2. The Balaban J connectivity index is 1.85. The van der Waals surface area contributed by atoms with Crippen molar-refractivity contribution in [3.05, 3.63) is 46.9 Å². The summed E-state index contributed by atoms with van der Waals surface area (Å²) in [6, 6.07) is 6.37. The average molecular weight is 306 g/mol. The van der Waals surface area contributed by atoms with Crippen molar-refractivity contribution >= 4 is 7.12 Å². The monoisotopic (exact) mass is 306 g/mol. The lowest BCUT2D eigenvalue weighted by Crippen LogP contribution is -2.41. The van der Waals surface area contributed by atoms with E-state index in [9.17, 15) is 8.78 Å². The third-order valence-electron chi connectivity index (χ3n) is 5.14. The summed E-state index contributed by atoms with van der Waals surface area (Å²) in [6.07, 6.45) is 1.49. The fourth-order valence-corrected chi connectivity index (χ4v) is 2.91. The Hall–Kier alpha value is -1.20. The van der Waals surface area contributed by atoms with Crippen LogP contribution in [0.5, 0.6) is 0 Å². The summed E-state index contributed by atoms with van der Waals surface area (Å²) in [5, 5.41) is 0. The zero-order valence-corrected chi connectivity index (χ0v) is 13.5. The molecule has 0 amide bonds. The first-order chi connectivity index (χ1) is 10.2. The van der Waals surface area contributed by atoms with Crippen molar-refractivity contribution in [1.29, 1.82) is 0 Å². The third kappa shape index (κ3) is 2.50. The van der Waals surface area contributed by atoms with Crippen molar-refractivity contribution in [3.63, 3.8) is 0 Å². The molecule has 1 heterocycles. The van der Waals surface area contributed by atoms with Crippen LogP contribution in [0.25, 0.3) is 0 Å². The van der Waals surface area contributed by atoms with Crippen LogP contribution in [-0.2, 0) is 9.31 Å². The molecule has 0 bridgehead atoms. The van der Waals surface area contributed by atoms with Gasteiger partial charge in [0.25, 0.3) is 0 Å². The van der Waals surface area contributed by atoms with E-state index in [0.29, 0.717) is 12.0 Å². The van der Waals surface area contributed by atoms with Crippen LogP contribution < -0.4 is 0 Å². The van der Waals surface area contributed by atoms with Gasteiger partial charge in [0.1, 0.15) is 11.5 Å². The highest BCUT2D eigenvalue weighted by Crippen LogP contribution is 2.47. The lowest BCUT2D eigenvalue weighted by molar-refractivity contribution is 0.00578. The van der Waals surface area contributed by atoms with Gasteiger partial charge in [-0.25, -0.2) is 8.78 Å². The van der Waals surface area contributed by atoms with Crippen LogP contribution in [0.15, 0.2) is 35.6 Å². The van der Waals surface area contributed by atoms with E-state index in [1.54, 1.807) is 6.07 Å². The molecule has 0 aromatic heterocycles. The van der Waals surface area contributed by atoms with Crippen LogP contribution in [-0.4, -0.2) is 18.3 Å². The van der Waals surface area contributed by atoms with E-state index in [0.717, 1.165) is 12.0 Å². The summed E-state index contributed by atoms with van der Waals surface area (Å²) < 4.78 is 39.7. The van der Waals surface area contributed by atoms with Gasteiger partial charge in [0, 0.05) is 5.92 Å². The van der Waals surface area contributed by atoms with Gasteiger partial charge in [-0.3, -0.25) is 0 Å². The maximum Gasteiger partial charge on any atom is 0.525 e. The Kier molecular flexibility index (Phi) is 3.69. The van der Waals surface area contributed by atoms with Gasteiger partial charge in [-0.2, -0.15) is 0 Å². The molecule has 0 spiro atoms. The van der Waals surface area contributed by atoms with Gasteiger partial charge in [0.05, 0.1) is 11.2 Å². The van der Waals surface area contributed by atoms with Gasteiger partial charge in [-0.15, -0.1) is 0 Å². The second-order valence-corrected chi connectivity index (χ2v) is 7.11. The summed E-state index contributed by atoms with van der Waals surface area (Å²) >= 11 is 0. The topological polar surface area (TPSA) is 18.5 Å². The second kappa shape index (κ2) is 5.17. The van der Waals surface area contributed by atoms with Crippen LogP contribution >= 0.6 is 0 Å². The van der Waals surface area contributed by atoms with Crippen molar-refractivity contribution in [1.82, 2.24) is 0 Å². The van der Waals surface area contributed by atoms with Crippen molar-refractivity contribution in [3.8, 4) is 0 Å². The minimum Gasteiger partial charge on any atom is -0.398 e. The number of hydrogen-bond acceptors (Lipinski definition) is 2. The van der Waals surface area contributed by atoms with Gasteiger partial charge < -0.3 is 9.31 Å². The van der Waals surface area contributed by atoms with Crippen molar-refractivity contribution in [2.75, 3.05) is 0 Å². The predicted molar refractivity (Wildman–Crippen MR) is 82.6 cm³/mol. The molecule has 0 N–H and O–H groups in total. The number of halogens is 2. The Morgan fingerprint density at radius 3 is 2.32 bits per heavy atom. The molecule has 2 aliphatic rings. The highest BCUT2D eigenvalue weighted by molar-refractivity contribution is 6.54. The Morgan fingerprint density at radius 1 is 1.18 bits per heavy atom. The molecule has 118 valence electrons. The van der Waals surface area contributed by atoms with E-state index in [-0.39, 0.29) is 17.5 Å². The maximum atomic E-state index is 14.8. The molecule has 1 aromatic carbocycles. The van der Waals surface area contributed by atoms with Crippen molar-refractivity contribution < 1.29 is 18.1 Å². The van der Waals surface area contributed by atoms with Gasteiger partial charge in [0.15, 0.2) is 0 Å². The highest BCUT2D eigenvalue weighted by atomic mass is 19.1. The van der Waals surface area contributed by atoms with Crippen LogP contribution in [0.1, 0.15) is 52.0 Å². The van der Waals surface area contributed by atoms with E-state index in [1.807, 2.05) is 33.8 Å². The molecule has 1 unspecified atom stereocenters. The summed E-state index contributed by atoms with van der Waals surface area (Å²) in [6.45, 7) is 7.59. The van der Waals surface area contributed by atoms with Crippen LogP contribution in [0.2, 0.25) is 0 Å². The molecular formula is C17H21BF2O2. The number of allylic oxidation sites excluding steroid dienone is 1. The van der Waals surface area contributed by atoms with Crippen LogP contribution in [0.4, 0.5) is 8.78 Å². The zero-order chi connectivity index (χ0) is 16.1. The minimum atomic E-state index is -0.962. The normalized spacial score (nSPS) is 28.5. The second-order valence-electron chi connectivity index (χ2n) is 7.11. The molecule has 1 aliphatic carbocycles.